The zero-order valence-electron chi connectivity index (χ0n) is 11.9. The van der Waals surface area contributed by atoms with E-state index in [4.69, 9.17) is 11.6 Å². The molecule has 22 heavy (non-hydrogen) atoms. The molecule has 2 aromatic rings. The lowest BCUT2D eigenvalue weighted by atomic mass is 10.2. The van der Waals surface area contributed by atoms with Gasteiger partial charge in [-0.25, -0.2) is 4.79 Å². The molecule has 0 saturated carbocycles. The highest BCUT2D eigenvalue weighted by molar-refractivity contribution is 6.33. The van der Waals surface area contributed by atoms with Crippen LogP contribution in [0.3, 0.4) is 0 Å². The largest absolute Gasteiger partial charge is 0.465 e. The molecule has 0 saturated heterocycles. The van der Waals surface area contributed by atoms with Crippen molar-refractivity contribution in [2.24, 2.45) is 0 Å². The fourth-order valence-corrected chi connectivity index (χ4v) is 1.98. The predicted molar refractivity (Wildman–Crippen MR) is 86.9 cm³/mol. The Morgan fingerprint density at radius 3 is 2.55 bits per heavy atom. The second-order valence-electron chi connectivity index (χ2n) is 4.42. The van der Waals surface area contributed by atoms with Gasteiger partial charge in [-0.2, -0.15) is 0 Å². The van der Waals surface area contributed by atoms with Crippen LogP contribution in [-0.4, -0.2) is 19.0 Å². The van der Waals surface area contributed by atoms with Gasteiger partial charge in [0.15, 0.2) is 0 Å². The number of halogens is 1. The second-order valence-corrected chi connectivity index (χ2v) is 4.83. The Balaban J connectivity index is 2.09. The first-order valence-electron chi connectivity index (χ1n) is 6.52. The van der Waals surface area contributed by atoms with E-state index in [0.717, 1.165) is 5.56 Å². The van der Waals surface area contributed by atoms with E-state index in [-0.39, 0.29) is 16.5 Å². The quantitative estimate of drug-likeness (QED) is 0.690. The minimum atomic E-state index is -0.555. The van der Waals surface area contributed by atoms with Crippen molar-refractivity contribution in [3.05, 3.63) is 70.8 Å². The molecule has 2 rings (SSSR count). The van der Waals surface area contributed by atoms with Gasteiger partial charge in [-0.05, 0) is 29.8 Å². The van der Waals surface area contributed by atoms with Crippen LogP contribution in [0.5, 0.6) is 0 Å². The molecule has 0 radical (unpaired) electrons. The highest BCUT2D eigenvalue weighted by Crippen LogP contribution is 2.21. The summed E-state index contributed by atoms with van der Waals surface area (Å²) < 4.78 is 4.63. The molecule has 0 aromatic heterocycles. The third kappa shape index (κ3) is 4.20. The first-order chi connectivity index (χ1) is 10.6. The van der Waals surface area contributed by atoms with Gasteiger partial charge in [-0.1, -0.05) is 41.9 Å². The molecule has 0 unspecified atom stereocenters. The third-order valence-corrected chi connectivity index (χ3v) is 3.20. The normalized spacial score (nSPS) is 10.5. The van der Waals surface area contributed by atoms with Gasteiger partial charge < -0.3 is 10.1 Å². The summed E-state index contributed by atoms with van der Waals surface area (Å²) in [7, 11) is 1.27. The molecule has 0 fully saturated rings. The highest BCUT2D eigenvalue weighted by Gasteiger charge is 2.11. The Morgan fingerprint density at radius 2 is 1.86 bits per heavy atom. The van der Waals surface area contributed by atoms with E-state index >= 15 is 0 Å². The summed E-state index contributed by atoms with van der Waals surface area (Å²) in [6, 6.07) is 14.1. The molecule has 0 heterocycles. The van der Waals surface area contributed by atoms with Crippen molar-refractivity contribution in [2.45, 2.75) is 0 Å². The molecule has 112 valence electrons. The van der Waals surface area contributed by atoms with E-state index in [1.54, 1.807) is 12.1 Å². The number of benzene rings is 2. The van der Waals surface area contributed by atoms with Crippen LogP contribution in [0.25, 0.3) is 6.08 Å². The van der Waals surface area contributed by atoms with E-state index in [0.29, 0.717) is 5.69 Å². The first kappa shape index (κ1) is 15.8. The van der Waals surface area contributed by atoms with Crippen LogP contribution in [0.2, 0.25) is 5.02 Å². The van der Waals surface area contributed by atoms with Crippen LogP contribution in [0, 0.1) is 0 Å². The SMILES string of the molecule is COC(=O)c1cc(NC(=O)/C=C/c2ccccc2)ccc1Cl. The Kier molecular flexibility index (Phi) is 5.33. The Labute approximate surface area is 133 Å². The maximum Gasteiger partial charge on any atom is 0.339 e. The van der Waals surface area contributed by atoms with Crippen molar-refractivity contribution in [1.29, 1.82) is 0 Å². The summed E-state index contributed by atoms with van der Waals surface area (Å²) in [5.41, 5.74) is 1.59. The number of carbonyl (C=O) groups is 2. The number of amides is 1. The maximum absolute atomic E-state index is 11.9. The minimum absolute atomic E-state index is 0.203. The number of anilines is 1. The average Bonchev–Trinajstić information content (AvgIpc) is 2.55. The van der Waals surface area contributed by atoms with E-state index in [1.807, 2.05) is 30.3 Å². The minimum Gasteiger partial charge on any atom is -0.465 e. The van der Waals surface area contributed by atoms with Crippen LogP contribution in [0.1, 0.15) is 15.9 Å². The summed E-state index contributed by atoms with van der Waals surface area (Å²) in [6.45, 7) is 0. The molecule has 0 atom stereocenters. The topological polar surface area (TPSA) is 55.4 Å². The van der Waals surface area contributed by atoms with E-state index in [9.17, 15) is 9.59 Å². The Hall–Kier alpha value is -2.59. The number of nitrogens with one attached hydrogen (secondary N) is 1. The molecule has 0 aliphatic heterocycles. The highest BCUT2D eigenvalue weighted by atomic mass is 35.5. The predicted octanol–water partition coefficient (Wildman–Crippen LogP) is 3.78. The van der Waals surface area contributed by atoms with Crippen LogP contribution >= 0.6 is 11.6 Å². The molecule has 5 heteroatoms. The molecule has 0 spiro atoms. The van der Waals surface area contributed by atoms with Crippen molar-refractivity contribution in [2.75, 3.05) is 12.4 Å². The summed E-state index contributed by atoms with van der Waals surface area (Å²) in [4.78, 5) is 23.4. The first-order valence-corrected chi connectivity index (χ1v) is 6.90. The Bertz CT molecular complexity index is 711. The zero-order chi connectivity index (χ0) is 15.9. The van der Waals surface area contributed by atoms with Gasteiger partial charge in [0.05, 0.1) is 17.7 Å². The van der Waals surface area contributed by atoms with Crippen LogP contribution in [0.15, 0.2) is 54.6 Å². The third-order valence-electron chi connectivity index (χ3n) is 2.87. The molecule has 2 aromatic carbocycles. The van der Waals surface area contributed by atoms with Gasteiger partial charge in [0.25, 0.3) is 0 Å². The van der Waals surface area contributed by atoms with Crippen LogP contribution in [-0.2, 0) is 9.53 Å². The van der Waals surface area contributed by atoms with Crippen molar-refractivity contribution in [1.82, 2.24) is 0 Å². The van der Waals surface area contributed by atoms with Crippen molar-refractivity contribution < 1.29 is 14.3 Å². The van der Waals surface area contributed by atoms with Gasteiger partial charge >= 0.3 is 5.97 Å². The molecular weight excluding hydrogens is 302 g/mol. The number of methoxy groups -OCH3 is 1. The van der Waals surface area contributed by atoms with E-state index in [1.165, 1.54) is 25.3 Å². The Morgan fingerprint density at radius 1 is 1.14 bits per heavy atom. The number of esters is 1. The van der Waals surface area contributed by atoms with Crippen molar-refractivity contribution >= 4 is 35.2 Å². The molecule has 1 N–H and O–H groups in total. The number of rotatable bonds is 4. The second kappa shape index (κ2) is 7.43. The molecule has 0 aliphatic carbocycles. The molecule has 1 amide bonds. The van der Waals surface area contributed by atoms with E-state index < -0.39 is 5.97 Å². The summed E-state index contributed by atoms with van der Waals surface area (Å²) in [6.07, 6.45) is 3.12. The number of ether oxygens (including phenoxy) is 1. The van der Waals surface area contributed by atoms with Gasteiger partial charge in [0.1, 0.15) is 0 Å². The smallest absolute Gasteiger partial charge is 0.339 e. The standard InChI is InChI=1S/C17H14ClNO3/c1-22-17(21)14-11-13(8-9-15(14)18)19-16(20)10-7-12-5-3-2-4-6-12/h2-11H,1H3,(H,19,20)/b10-7+. The van der Waals surface area contributed by atoms with Gasteiger partial charge in [-0.15, -0.1) is 0 Å². The molecule has 0 bridgehead atoms. The zero-order valence-corrected chi connectivity index (χ0v) is 12.6. The average molecular weight is 316 g/mol. The van der Waals surface area contributed by atoms with Crippen molar-refractivity contribution in [3.8, 4) is 0 Å². The fraction of sp³-hybridized carbons (Fsp3) is 0.0588. The monoisotopic (exact) mass is 315 g/mol. The fourth-order valence-electron chi connectivity index (χ4n) is 1.79. The summed E-state index contributed by atoms with van der Waals surface area (Å²) in [5, 5.41) is 2.93. The van der Waals surface area contributed by atoms with Crippen molar-refractivity contribution in [3.63, 3.8) is 0 Å². The number of hydrogen-bond donors (Lipinski definition) is 1. The van der Waals surface area contributed by atoms with Gasteiger partial charge in [-0.3, -0.25) is 4.79 Å². The lowest BCUT2D eigenvalue weighted by molar-refractivity contribution is -0.111. The summed E-state index contributed by atoms with van der Waals surface area (Å²) >= 11 is 5.92. The maximum atomic E-state index is 11.9. The molecule has 0 aliphatic rings. The van der Waals surface area contributed by atoms with Crippen LogP contribution in [0.4, 0.5) is 5.69 Å². The van der Waals surface area contributed by atoms with Crippen LogP contribution < -0.4 is 5.32 Å². The lowest BCUT2D eigenvalue weighted by Gasteiger charge is -2.06. The van der Waals surface area contributed by atoms with Gasteiger partial charge in [0.2, 0.25) is 5.91 Å². The number of carbonyl (C=O) groups excluding carboxylic acids is 2. The summed E-state index contributed by atoms with van der Waals surface area (Å²) in [5.74, 6) is -0.858. The number of hydrogen-bond acceptors (Lipinski definition) is 3. The molecular formula is C17H14ClNO3. The lowest BCUT2D eigenvalue weighted by Crippen LogP contribution is -2.09. The van der Waals surface area contributed by atoms with Gasteiger partial charge in [0, 0.05) is 11.8 Å². The molecule has 4 nitrogen and oxygen atoms in total. The van der Waals surface area contributed by atoms with E-state index in [2.05, 4.69) is 10.1 Å².